The van der Waals surface area contributed by atoms with E-state index in [2.05, 4.69) is 4.90 Å². The monoisotopic (exact) mass is 357 g/mol. The lowest BCUT2D eigenvalue weighted by molar-refractivity contribution is 0.487. The number of nitrogens with two attached hydrogens (primary N) is 1. The summed E-state index contributed by atoms with van der Waals surface area (Å²) in [6.07, 6.45) is 3.77. The molecule has 0 bridgehead atoms. The number of aryl methyl sites for hydroxylation is 2. The molecule has 2 aromatic rings. The number of hydrogen-bond acceptors (Lipinski definition) is 3. The Kier molecular flexibility index (Phi) is 4.30. The second-order valence-electron chi connectivity index (χ2n) is 8.04. The van der Waals surface area contributed by atoms with Crippen LogP contribution in [-0.2, 0) is 6.42 Å². The van der Waals surface area contributed by atoms with Crippen molar-refractivity contribution in [1.82, 2.24) is 4.57 Å². The quantitative estimate of drug-likeness (QED) is 0.911. The lowest BCUT2D eigenvalue weighted by Crippen LogP contribution is -2.30. The normalized spacial score (nSPS) is 21.6. The summed E-state index contributed by atoms with van der Waals surface area (Å²) < 4.78 is 17.1. The highest BCUT2D eigenvalue weighted by atomic mass is 19.1. The third kappa shape index (κ3) is 2.73. The summed E-state index contributed by atoms with van der Waals surface area (Å²) in [6, 6.07) is 3.72. The smallest absolute Gasteiger partial charge is 0.251 e. The van der Waals surface area contributed by atoms with Crippen LogP contribution in [0, 0.1) is 18.7 Å². The molecule has 140 valence electrons. The van der Waals surface area contributed by atoms with E-state index in [9.17, 15) is 4.79 Å². The van der Waals surface area contributed by atoms with Crippen molar-refractivity contribution in [1.29, 1.82) is 0 Å². The minimum absolute atomic E-state index is 0.0485. The van der Waals surface area contributed by atoms with Crippen LogP contribution in [0.1, 0.15) is 50.3 Å². The summed E-state index contributed by atoms with van der Waals surface area (Å²) in [6.45, 7) is 7.61. The zero-order chi connectivity index (χ0) is 18.6. The van der Waals surface area contributed by atoms with Gasteiger partial charge in [-0.3, -0.25) is 4.79 Å². The van der Waals surface area contributed by atoms with Gasteiger partial charge in [0.2, 0.25) is 0 Å². The minimum atomic E-state index is -0.184. The van der Waals surface area contributed by atoms with Crippen molar-refractivity contribution in [2.45, 2.75) is 58.5 Å². The number of anilines is 1. The molecule has 4 rings (SSSR count). The SMILES string of the molecule is CCc1cc(=O)n(C2CC2)c2c(C)c(N3CCC([C@H](C)N)C3)c(F)cc12. The fourth-order valence-electron chi connectivity index (χ4n) is 4.51. The van der Waals surface area contributed by atoms with Gasteiger partial charge in [0.25, 0.3) is 5.56 Å². The number of rotatable bonds is 4. The lowest BCUT2D eigenvalue weighted by atomic mass is 10.0. The first-order valence-corrected chi connectivity index (χ1v) is 9.80. The standard InChI is InChI=1S/C21H28FN3O/c1-4-14-9-19(26)25(16-5-6-16)20-12(2)21(18(22)10-17(14)20)24-8-7-15(11-24)13(3)23/h9-10,13,15-16H,4-8,11,23H2,1-3H3/t13-,15?/m0/s1. The van der Waals surface area contributed by atoms with Gasteiger partial charge in [-0.2, -0.15) is 0 Å². The zero-order valence-corrected chi connectivity index (χ0v) is 15.9. The second kappa shape index (κ2) is 6.38. The van der Waals surface area contributed by atoms with Gasteiger partial charge in [-0.05, 0) is 62.6 Å². The molecule has 1 aliphatic carbocycles. The first-order chi connectivity index (χ1) is 12.4. The van der Waals surface area contributed by atoms with Crippen LogP contribution in [0.25, 0.3) is 10.9 Å². The second-order valence-corrected chi connectivity index (χ2v) is 8.04. The van der Waals surface area contributed by atoms with Crippen molar-refractivity contribution < 1.29 is 4.39 Å². The van der Waals surface area contributed by atoms with E-state index in [0.717, 1.165) is 60.8 Å². The van der Waals surface area contributed by atoms with E-state index in [1.54, 1.807) is 12.1 Å². The van der Waals surface area contributed by atoms with Crippen molar-refractivity contribution in [3.8, 4) is 0 Å². The largest absolute Gasteiger partial charge is 0.369 e. The highest BCUT2D eigenvalue weighted by Crippen LogP contribution is 2.40. The van der Waals surface area contributed by atoms with Gasteiger partial charge in [-0.25, -0.2) is 4.39 Å². The molecular weight excluding hydrogens is 329 g/mol. The van der Waals surface area contributed by atoms with Crippen LogP contribution in [0.5, 0.6) is 0 Å². The summed E-state index contributed by atoms with van der Waals surface area (Å²) in [7, 11) is 0. The maximum absolute atomic E-state index is 15.2. The molecule has 0 spiro atoms. The molecule has 26 heavy (non-hydrogen) atoms. The van der Waals surface area contributed by atoms with Gasteiger partial charge in [-0.15, -0.1) is 0 Å². The fraction of sp³-hybridized carbons (Fsp3) is 0.571. The van der Waals surface area contributed by atoms with E-state index in [0.29, 0.717) is 11.6 Å². The third-order valence-electron chi connectivity index (χ3n) is 6.16. The van der Waals surface area contributed by atoms with Gasteiger partial charge in [0.15, 0.2) is 0 Å². The van der Waals surface area contributed by atoms with Gasteiger partial charge in [0.1, 0.15) is 5.82 Å². The Balaban J connectivity index is 1.93. The Morgan fingerprint density at radius 3 is 2.62 bits per heavy atom. The van der Waals surface area contributed by atoms with Crippen molar-refractivity contribution in [2.24, 2.45) is 11.7 Å². The van der Waals surface area contributed by atoms with Crippen LogP contribution in [-0.4, -0.2) is 23.7 Å². The minimum Gasteiger partial charge on any atom is -0.369 e. The van der Waals surface area contributed by atoms with Crippen molar-refractivity contribution in [2.75, 3.05) is 18.0 Å². The van der Waals surface area contributed by atoms with E-state index in [4.69, 9.17) is 5.73 Å². The van der Waals surface area contributed by atoms with Gasteiger partial charge < -0.3 is 15.2 Å². The number of halogens is 1. The van der Waals surface area contributed by atoms with E-state index in [-0.39, 0.29) is 23.5 Å². The van der Waals surface area contributed by atoms with E-state index in [1.807, 2.05) is 25.3 Å². The molecule has 1 unspecified atom stereocenters. The first kappa shape index (κ1) is 17.5. The molecule has 2 N–H and O–H groups in total. The molecule has 1 aromatic heterocycles. The average Bonchev–Trinajstić information content (AvgIpc) is 3.31. The summed E-state index contributed by atoms with van der Waals surface area (Å²) in [4.78, 5) is 14.9. The molecule has 2 atom stereocenters. The van der Waals surface area contributed by atoms with Gasteiger partial charge in [-0.1, -0.05) is 6.92 Å². The number of pyridine rings is 1. The number of nitrogens with zero attached hydrogens (tertiary/aromatic N) is 2. The highest BCUT2D eigenvalue weighted by molar-refractivity contribution is 5.90. The van der Waals surface area contributed by atoms with Crippen LogP contribution >= 0.6 is 0 Å². The van der Waals surface area contributed by atoms with Crippen LogP contribution in [0.2, 0.25) is 0 Å². The number of aromatic nitrogens is 1. The van der Waals surface area contributed by atoms with Crippen LogP contribution in [0.3, 0.4) is 0 Å². The number of benzene rings is 1. The summed E-state index contributed by atoms with van der Waals surface area (Å²) in [5.41, 5.74) is 9.53. The molecule has 4 nitrogen and oxygen atoms in total. The topological polar surface area (TPSA) is 51.3 Å². The van der Waals surface area contributed by atoms with Crippen LogP contribution in [0.4, 0.5) is 10.1 Å². The van der Waals surface area contributed by atoms with Crippen LogP contribution < -0.4 is 16.2 Å². The molecule has 2 fully saturated rings. The Morgan fingerprint density at radius 1 is 1.31 bits per heavy atom. The maximum Gasteiger partial charge on any atom is 0.251 e. The van der Waals surface area contributed by atoms with E-state index in [1.165, 1.54) is 0 Å². The first-order valence-electron chi connectivity index (χ1n) is 9.80. The maximum atomic E-state index is 15.2. The molecule has 1 saturated carbocycles. The predicted octanol–water partition coefficient (Wildman–Crippen LogP) is 3.52. The molecule has 2 aliphatic rings. The molecule has 0 amide bonds. The van der Waals surface area contributed by atoms with Gasteiger partial charge >= 0.3 is 0 Å². The molecule has 1 saturated heterocycles. The Morgan fingerprint density at radius 2 is 2.04 bits per heavy atom. The molecule has 1 aliphatic heterocycles. The summed E-state index contributed by atoms with van der Waals surface area (Å²) in [5.74, 6) is 0.202. The van der Waals surface area contributed by atoms with Gasteiger partial charge in [0.05, 0.1) is 11.2 Å². The van der Waals surface area contributed by atoms with Crippen molar-refractivity contribution >= 4 is 16.6 Å². The summed E-state index contributed by atoms with van der Waals surface area (Å²) >= 11 is 0. The fourth-order valence-corrected chi connectivity index (χ4v) is 4.51. The number of fused-ring (bicyclic) bond motifs is 1. The van der Waals surface area contributed by atoms with E-state index >= 15 is 4.39 Å². The molecule has 2 heterocycles. The Bertz CT molecular complexity index is 914. The molecule has 1 aromatic carbocycles. The third-order valence-corrected chi connectivity index (χ3v) is 6.16. The van der Waals surface area contributed by atoms with E-state index < -0.39 is 0 Å². The molecule has 0 radical (unpaired) electrons. The predicted molar refractivity (Wildman–Crippen MR) is 105 cm³/mol. The van der Waals surface area contributed by atoms with Crippen LogP contribution in [0.15, 0.2) is 16.9 Å². The van der Waals surface area contributed by atoms with Crippen molar-refractivity contribution in [3.63, 3.8) is 0 Å². The average molecular weight is 357 g/mol. The molecular formula is C21H28FN3O. The zero-order valence-electron chi connectivity index (χ0n) is 15.9. The Labute approximate surface area is 153 Å². The van der Waals surface area contributed by atoms with Crippen molar-refractivity contribution in [3.05, 3.63) is 39.4 Å². The highest BCUT2D eigenvalue weighted by Gasteiger charge is 2.31. The Hall–Kier alpha value is -1.88. The number of hydrogen-bond donors (Lipinski definition) is 1. The lowest BCUT2D eigenvalue weighted by Gasteiger charge is -2.25. The molecule has 5 heteroatoms. The van der Waals surface area contributed by atoms with Gasteiger partial charge in [0, 0.05) is 36.6 Å². The summed E-state index contributed by atoms with van der Waals surface area (Å²) in [5, 5.41) is 0.890.